The van der Waals surface area contributed by atoms with Crippen molar-refractivity contribution in [1.82, 2.24) is 0 Å². The number of hydrogen-bond acceptors (Lipinski definition) is 5. The molecule has 7 nitrogen and oxygen atoms in total. The van der Waals surface area contributed by atoms with E-state index in [9.17, 15) is 14.5 Å². The van der Waals surface area contributed by atoms with Gasteiger partial charge in [-0.2, -0.15) is 0 Å². The van der Waals surface area contributed by atoms with Crippen molar-refractivity contribution in [1.29, 1.82) is 0 Å². The number of fused-ring (bicyclic) bond motifs is 5. The molecule has 0 aliphatic heterocycles. The molecule has 0 saturated heterocycles. The molecule has 4 aliphatic carbocycles. The van der Waals surface area contributed by atoms with E-state index in [4.69, 9.17) is 14.5 Å². The molecule has 0 radical (unpaired) electrons. The summed E-state index contributed by atoms with van der Waals surface area (Å²) < 4.78 is 19.8. The lowest BCUT2D eigenvalue weighted by Crippen LogP contribution is -2.58. The maximum Gasteiger partial charge on any atom is 0.472 e. The Labute approximate surface area is 211 Å². The molecule has 202 valence electrons. The van der Waals surface area contributed by atoms with Gasteiger partial charge in [-0.25, -0.2) is 9.09 Å². The van der Waals surface area contributed by atoms with Gasteiger partial charge in [0.25, 0.3) is 0 Å². The molecule has 0 amide bonds. The fraction of sp³-hybridized carbons (Fsp3) is 0.963. The molecule has 3 N–H and O–H groups in total. The Morgan fingerprint density at radius 3 is 2.43 bits per heavy atom. The van der Waals surface area contributed by atoms with Gasteiger partial charge in [0, 0.05) is 6.42 Å². The Hall–Kier alpha value is -0.460. The van der Waals surface area contributed by atoms with Gasteiger partial charge in [-0.1, -0.05) is 34.6 Å². The zero-order valence-corrected chi connectivity index (χ0v) is 23.0. The van der Waals surface area contributed by atoms with E-state index in [-0.39, 0.29) is 23.9 Å². The van der Waals surface area contributed by atoms with E-state index in [0.717, 1.165) is 42.9 Å². The van der Waals surface area contributed by atoms with Crippen molar-refractivity contribution in [3.05, 3.63) is 0 Å². The largest absolute Gasteiger partial charge is 0.472 e. The van der Waals surface area contributed by atoms with Crippen molar-refractivity contribution in [3.8, 4) is 0 Å². The highest BCUT2D eigenvalue weighted by Gasteiger charge is 2.63. The van der Waals surface area contributed by atoms with Crippen molar-refractivity contribution < 1.29 is 33.5 Å². The second kappa shape index (κ2) is 10.4. The van der Waals surface area contributed by atoms with Gasteiger partial charge in [0.05, 0.1) is 6.10 Å². The van der Waals surface area contributed by atoms with Gasteiger partial charge in [0.2, 0.25) is 6.79 Å². The van der Waals surface area contributed by atoms with E-state index in [2.05, 4.69) is 39.1 Å². The first-order valence-electron chi connectivity index (χ1n) is 13.9. The number of hydrogen-bond donors (Lipinski definition) is 3. The number of rotatable bonds is 7. The van der Waals surface area contributed by atoms with E-state index in [1.54, 1.807) is 0 Å². The molecular weight excluding hydrogens is 467 g/mol. The van der Waals surface area contributed by atoms with Crippen LogP contribution >= 0.6 is 7.82 Å². The van der Waals surface area contributed by atoms with Crippen LogP contribution in [0.4, 0.5) is 0 Å². The highest BCUT2D eigenvalue weighted by atomic mass is 31.2. The SMILES string of the molecule is CC1CC(C)C2C(C1)CC(C)C1C2CC(O)C2(C)C(C(C)CCC(=O)OCOP(=O)(O)O)CCC12. The monoisotopic (exact) mass is 514 g/mol. The zero-order chi connectivity index (χ0) is 25.7. The Morgan fingerprint density at radius 2 is 1.74 bits per heavy atom. The van der Waals surface area contributed by atoms with E-state index in [0.29, 0.717) is 36.0 Å². The zero-order valence-electron chi connectivity index (χ0n) is 22.1. The molecule has 4 saturated carbocycles. The summed E-state index contributed by atoms with van der Waals surface area (Å²) in [6.45, 7) is 11.1. The first kappa shape index (κ1) is 27.6. The first-order valence-corrected chi connectivity index (χ1v) is 15.4. The number of carbonyl (C=O) groups is 1. The third-order valence-electron chi connectivity index (χ3n) is 11.0. The Morgan fingerprint density at radius 1 is 1.06 bits per heavy atom. The minimum atomic E-state index is -4.65. The van der Waals surface area contributed by atoms with Gasteiger partial charge < -0.3 is 19.6 Å². The molecule has 4 fully saturated rings. The van der Waals surface area contributed by atoms with E-state index in [1.165, 1.54) is 19.3 Å². The number of phosphoric acid groups is 1. The van der Waals surface area contributed by atoms with Gasteiger partial charge in [-0.15, -0.1) is 0 Å². The number of aliphatic hydroxyl groups excluding tert-OH is 1. The lowest BCUT2D eigenvalue weighted by Gasteiger charge is -2.61. The first-order chi connectivity index (χ1) is 16.3. The fourth-order valence-electron chi connectivity index (χ4n) is 9.92. The molecule has 4 aliphatic rings. The molecular formula is C27H47O7P. The standard InChI is InChI=1S/C27H47O7P/c1-15-10-17(3)25-19(11-15)12-18(4)26-20(25)13-23(28)27(5)21(7-8-22(26)27)16(2)6-9-24(29)33-14-34-35(30,31)32/h15-23,25-26,28H,6-14H2,1-5H3,(H2,30,31,32). The predicted molar refractivity (Wildman–Crippen MR) is 133 cm³/mol. The topological polar surface area (TPSA) is 113 Å². The molecule has 0 bridgehead atoms. The third-order valence-corrected chi connectivity index (χ3v) is 11.4. The highest BCUT2D eigenvalue weighted by molar-refractivity contribution is 7.46. The maximum absolute atomic E-state index is 12.1. The molecule has 0 spiro atoms. The molecule has 35 heavy (non-hydrogen) atoms. The van der Waals surface area contributed by atoms with Crippen LogP contribution < -0.4 is 0 Å². The number of aliphatic hydroxyl groups is 1. The number of carbonyl (C=O) groups excluding carboxylic acids is 1. The quantitative estimate of drug-likeness (QED) is 0.237. The van der Waals surface area contributed by atoms with Crippen molar-refractivity contribution in [2.24, 2.45) is 64.6 Å². The predicted octanol–water partition coefficient (Wildman–Crippen LogP) is 5.38. The summed E-state index contributed by atoms with van der Waals surface area (Å²) in [5.74, 6) is 5.81. The van der Waals surface area contributed by atoms with Crippen LogP contribution in [-0.2, 0) is 18.6 Å². The van der Waals surface area contributed by atoms with Crippen LogP contribution in [-0.4, -0.2) is 33.8 Å². The van der Waals surface area contributed by atoms with Crippen molar-refractivity contribution in [2.75, 3.05) is 6.79 Å². The molecule has 0 heterocycles. The summed E-state index contributed by atoms with van der Waals surface area (Å²) in [6.07, 6.45) is 7.71. The number of phosphoric ester groups is 1. The molecule has 8 heteroatoms. The summed E-state index contributed by atoms with van der Waals surface area (Å²) in [5.41, 5.74) is -0.125. The van der Waals surface area contributed by atoms with Crippen LogP contribution in [0.15, 0.2) is 0 Å². The van der Waals surface area contributed by atoms with E-state index < -0.39 is 20.6 Å². The molecule has 12 atom stereocenters. The Balaban J connectivity index is 1.42. The van der Waals surface area contributed by atoms with E-state index >= 15 is 0 Å². The van der Waals surface area contributed by atoms with Crippen molar-refractivity contribution in [2.45, 2.75) is 92.1 Å². The van der Waals surface area contributed by atoms with Crippen molar-refractivity contribution in [3.63, 3.8) is 0 Å². The average molecular weight is 515 g/mol. The molecule has 12 unspecified atom stereocenters. The van der Waals surface area contributed by atoms with E-state index in [1.807, 2.05) is 0 Å². The number of esters is 1. The van der Waals surface area contributed by atoms with Gasteiger partial charge in [0.1, 0.15) is 0 Å². The highest BCUT2D eigenvalue weighted by Crippen LogP contribution is 2.67. The fourth-order valence-corrected chi connectivity index (χ4v) is 10.1. The summed E-state index contributed by atoms with van der Waals surface area (Å²) in [6, 6.07) is 0. The van der Waals surface area contributed by atoms with Gasteiger partial charge >= 0.3 is 13.8 Å². The number of ether oxygens (including phenoxy) is 1. The Bertz CT molecular complexity index is 813. The lowest BCUT2D eigenvalue weighted by molar-refractivity contribution is -0.167. The van der Waals surface area contributed by atoms with Crippen LogP contribution in [0.1, 0.15) is 86.0 Å². The summed E-state index contributed by atoms with van der Waals surface area (Å²) >= 11 is 0. The third kappa shape index (κ3) is 5.41. The van der Waals surface area contributed by atoms with Gasteiger partial charge in [0.15, 0.2) is 0 Å². The normalized spacial score (nSPS) is 46.3. The van der Waals surface area contributed by atoms with Crippen LogP contribution in [0.3, 0.4) is 0 Å². The second-order valence-electron chi connectivity index (χ2n) is 13.0. The summed E-state index contributed by atoms with van der Waals surface area (Å²) in [5, 5.41) is 11.7. The van der Waals surface area contributed by atoms with Crippen molar-refractivity contribution >= 4 is 13.8 Å². The summed E-state index contributed by atoms with van der Waals surface area (Å²) in [4.78, 5) is 29.5. The summed E-state index contributed by atoms with van der Waals surface area (Å²) in [7, 11) is -4.65. The van der Waals surface area contributed by atoms with Crippen LogP contribution in [0.25, 0.3) is 0 Å². The van der Waals surface area contributed by atoms with Gasteiger partial charge in [-0.05, 0) is 110 Å². The maximum atomic E-state index is 12.1. The minimum Gasteiger partial charge on any atom is -0.438 e. The second-order valence-corrected chi connectivity index (χ2v) is 14.3. The van der Waals surface area contributed by atoms with Gasteiger partial charge in [-0.3, -0.25) is 4.79 Å². The smallest absolute Gasteiger partial charge is 0.438 e. The molecule has 0 aromatic rings. The average Bonchev–Trinajstić information content (AvgIpc) is 3.09. The van der Waals surface area contributed by atoms with Crippen LogP contribution in [0, 0.1) is 64.6 Å². The molecule has 0 aromatic carbocycles. The van der Waals surface area contributed by atoms with Crippen LogP contribution in [0.2, 0.25) is 0 Å². The Kier molecular flexibility index (Phi) is 8.16. The van der Waals surface area contributed by atoms with Crippen LogP contribution in [0.5, 0.6) is 0 Å². The lowest BCUT2D eigenvalue weighted by atomic mass is 9.44. The minimum absolute atomic E-state index is 0.125. The molecule has 0 aromatic heterocycles. The molecule has 4 rings (SSSR count).